The van der Waals surface area contributed by atoms with Gasteiger partial charge in [-0.3, -0.25) is 4.79 Å². The lowest BCUT2D eigenvalue weighted by Crippen LogP contribution is -2.67. The number of hydrazine groups is 1. The lowest BCUT2D eigenvalue weighted by molar-refractivity contribution is -0.170. The summed E-state index contributed by atoms with van der Waals surface area (Å²) in [5.41, 5.74) is 2.64. The number of imide groups is 1. The fourth-order valence-electron chi connectivity index (χ4n) is 3.52. The Kier molecular flexibility index (Phi) is 5.58. The predicted molar refractivity (Wildman–Crippen MR) is 115 cm³/mol. The largest absolute Gasteiger partial charge is 0.353 e. The molecule has 1 aliphatic rings. The maximum absolute atomic E-state index is 12.8. The van der Waals surface area contributed by atoms with Crippen molar-refractivity contribution < 1.29 is 18.0 Å². The Bertz CT molecular complexity index is 1160. The third-order valence-electron chi connectivity index (χ3n) is 5.06. The first kappa shape index (κ1) is 20.8. The fraction of sp³-hybridized carbons (Fsp3) is 0.130. The van der Waals surface area contributed by atoms with E-state index in [4.69, 9.17) is 0 Å². The number of nitrogens with zero attached hydrogens (tertiary/aromatic N) is 2. The molecule has 0 unspecified atom stereocenters. The van der Waals surface area contributed by atoms with Crippen LogP contribution in [0.5, 0.6) is 0 Å². The molecule has 158 valence electrons. The molecule has 4 rings (SSSR count). The molecule has 0 atom stereocenters. The summed E-state index contributed by atoms with van der Waals surface area (Å²) in [6.07, 6.45) is 0. The fourth-order valence-corrected chi connectivity index (χ4v) is 4.45. The van der Waals surface area contributed by atoms with Gasteiger partial charge < -0.3 is 0 Å². The first-order chi connectivity index (χ1) is 14.9. The Morgan fingerprint density at radius 3 is 1.87 bits per heavy atom. The predicted octanol–water partition coefficient (Wildman–Crippen LogP) is 3.24. The van der Waals surface area contributed by atoms with Gasteiger partial charge >= 0.3 is 6.03 Å². The third kappa shape index (κ3) is 4.21. The molecule has 7 nitrogen and oxygen atoms in total. The zero-order valence-electron chi connectivity index (χ0n) is 16.8. The molecule has 0 aromatic heterocycles. The SMILES string of the molecule is Cc1ccc(S(=O)(=O)NC(=O)N2C(=O)CN2C(c2ccccc2)c2ccccc2)cc1. The van der Waals surface area contributed by atoms with Gasteiger partial charge in [-0.1, -0.05) is 78.4 Å². The molecule has 0 aliphatic carbocycles. The molecule has 1 saturated heterocycles. The Hall–Kier alpha value is -3.49. The van der Waals surface area contributed by atoms with Crippen LogP contribution in [0, 0.1) is 6.92 Å². The summed E-state index contributed by atoms with van der Waals surface area (Å²) in [5, 5.41) is 2.42. The normalized spacial score (nSPS) is 14.4. The number of rotatable bonds is 5. The average molecular weight is 436 g/mol. The van der Waals surface area contributed by atoms with Gasteiger partial charge in [0.1, 0.15) is 6.54 Å². The van der Waals surface area contributed by atoms with E-state index in [1.807, 2.05) is 72.3 Å². The maximum atomic E-state index is 12.8. The van der Waals surface area contributed by atoms with E-state index in [9.17, 15) is 18.0 Å². The molecule has 3 aromatic carbocycles. The number of amides is 3. The standard InChI is InChI=1S/C23H21N3O4S/c1-17-12-14-20(15-13-17)31(29,30)24-23(28)26-21(27)16-25(26)22(18-8-4-2-5-9-18)19-10-6-3-7-11-19/h2-15,22H,16H2,1H3,(H,24,28). The minimum Gasteiger partial charge on any atom is -0.271 e. The number of aryl methyl sites for hydroxylation is 1. The van der Waals surface area contributed by atoms with Crippen LogP contribution in [0.15, 0.2) is 89.8 Å². The van der Waals surface area contributed by atoms with Gasteiger partial charge in [-0.05, 0) is 30.2 Å². The van der Waals surface area contributed by atoms with Crippen molar-refractivity contribution in [3.05, 3.63) is 102 Å². The average Bonchev–Trinajstić information content (AvgIpc) is 2.74. The third-order valence-corrected chi connectivity index (χ3v) is 6.40. The lowest BCUT2D eigenvalue weighted by Gasteiger charge is -2.45. The van der Waals surface area contributed by atoms with Gasteiger partial charge in [0.2, 0.25) is 0 Å². The molecular formula is C23H21N3O4S. The van der Waals surface area contributed by atoms with Crippen LogP contribution in [0.2, 0.25) is 0 Å². The molecule has 0 spiro atoms. The van der Waals surface area contributed by atoms with Crippen molar-refractivity contribution in [2.45, 2.75) is 17.9 Å². The van der Waals surface area contributed by atoms with Crippen molar-refractivity contribution in [1.29, 1.82) is 0 Å². The molecule has 8 heteroatoms. The van der Waals surface area contributed by atoms with E-state index in [0.717, 1.165) is 21.7 Å². The van der Waals surface area contributed by atoms with E-state index < -0.39 is 28.0 Å². The Labute approximate surface area is 180 Å². The lowest BCUT2D eigenvalue weighted by atomic mass is 9.97. The summed E-state index contributed by atoms with van der Waals surface area (Å²) in [7, 11) is -4.12. The molecule has 1 fully saturated rings. The van der Waals surface area contributed by atoms with Crippen LogP contribution in [-0.2, 0) is 14.8 Å². The van der Waals surface area contributed by atoms with E-state index in [-0.39, 0.29) is 11.4 Å². The zero-order valence-corrected chi connectivity index (χ0v) is 17.6. The molecule has 1 heterocycles. The van der Waals surface area contributed by atoms with Crippen molar-refractivity contribution in [3.63, 3.8) is 0 Å². The van der Waals surface area contributed by atoms with Crippen LogP contribution >= 0.6 is 0 Å². The number of benzene rings is 3. The first-order valence-corrected chi connectivity index (χ1v) is 11.2. The number of carbonyl (C=O) groups excluding carboxylic acids is 2. The molecule has 3 aromatic rings. The zero-order chi connectivity index (χ0) is 22.0. The molecule has 0 radical (unpaired) electrons. The highest BCUT2D eigenvalue weighted by Crippen LogP contribution is 2.33. The number of carbonyl (C=O) groups is 2. The second kappa shape index (κ2) is 8.33. The minimum absolute atomic E-state index is 0.00749. The van der Waals surface area contributed by atoms with Crippen molar-refractivity contribution in [1.82, 2.24) is 14.7 Å². The molecule has 1 N–H and O–H groups in total. The van der Waals surface area contributed by atoms with Gasteiger partial charge in [0.15, 0.2) is 0 Å². The highest BCUT2D eigenvalue weighted by molar-refractivity contribution is 7.90. The summed E-state index contributed by atoms with van der Waals surface area (Å²) in [4.78, 5) is 25.1. The minimum atomic E-state index is -4.12. The number of hydrogen-bond donors (Lipinski definition) is 1. The number of urea groups is 1. The molecule has 3 amide bonds. The summed E-state index contributed by atoms with van der Waals surface area (Å²) >= 11 is 0. The van der Waals surface area contributed by atoms with Gasteiger partial charge in [0.05, 0.1) is 10.9 Å². The van der Waals surface area contributed by atoms with Crippen molar-refractivity contribution in [3.8, 4) is 0 Å². The second-order valence-corrected chi connectivity index (χ2v) is 8.93. The molecule has 1 aliphatic heterocycles. The summed E-state index contributed by atoms with van der Waals surface area (Å²) in [6.45, 7) is 1.82. The molecule has 0 bridgehead atoms. The summed E-state index contributed by atoms with van der Waals surface area (Å²) in [5.74, 6) is -0.478. The summed E-state index contributed by atoms with van der Waals surface area (Å²) in [6, 6.07) is 23.5. The Balaban J connectivity index is 1.62. The monoisotopic (exact) mass is 435 g/mol. The van der Waals surface area contributed by atoms with Crippen LogP contribution < -0.4 is 4.72 Å². The van der Waals surface area contributed by atoms with Crippen LogP contribution in [0.1, 0.15) is 22.7 Å². The van der Waals surface area contributed by atoms with Gasteiger partial charge in [-0.15, -0.1) is 0 Å². The smallest absolute Gasteiger partial charge is 0.271 e. The van der Waals surface area contributed by atoms with E-state index in [1.165, 1.54) is 12.1 Å². The number of hydrogen-bond acceptors (Lipinski definition) is 5. The number of nitrogens with one attached hydrogen (secondary N) is 1. The highest BCUT2D eigenvalue weighted by atomic mass is 32.2. The van der Waals surface area contributed by atoms with Crippen LogP contribution in [0.25, 0.3) is 0 Å². The van der Waals surface area contributed by atoms with Gasteiger partial charge in [0.25, 0.3) is 15.9 Å². The van der Waals surface area contributed by atoms with E-state index in [0.29, 0.717) is 0 Å². The van der Waals surface area contributed by atoms with Crippen molar-refractivity contribution in [2.75, 3.05) is 6.54 Å². The Morgan fingerprint density at radius 1 is 0.871 bits per heavy atom. The van der Waals surface area contributed by atoms with Crippen LogP contribution in [-0.4, -0.2) is 36.9 Å². The first-order valence-electron chi connectivity index (χ1n) is 9.70. The van der Waals surface area contributed by atoms with E-state index >= 15 is 0 Å². The molecule has 0 saturated carbocycles. The molecular weight excluding hydrogens is 414 g/mol. The second-order valence-electron chi connectivity index (χ2n) is 7.25. The van der Waals surface area contributed by atoms with Gasteiger partial charge in [-0.2, -0.15) is 10.0 Å². The van der Waals surface area contributed by atoms with Crippen LogP contribution in [0.3, 0.4) is 0 Å². The highest BCUT2D eigenvalue weighted by Gasteiger charge is 2.45. The Morgan fingerprint density at radius 2 is 1.39 bits per heavy atom. The van der Waals surface area contributed by atoms with Gasteiger partial charge in [0, 0.05) is 0 Å². The maximum Gasteiger partial charge on any atom is 0.353 e. The van der Waals surface area contributed by atoms with E-state index in [1.54, 1.807) is 17.1 Å². The quantitative estimate of drug-likeness (QED) is 0.665. The van der Waals surface area contributed by atoms with Crippen molar-refractivity contribution in [2.24, 2.45) is 0 Å². The van der Waals surface area contributed by atoms with Crippen LogP contribution in [0.4, 0.5) is 4.79 Å². The van der Waals surface area contributed by atoms with Crippen molar-refractivity contribution >= 4 is 22.0 Å². The molecule has 31 heavy (non-hydrogen) atoms. The summed E-state index contributed by atoms with van der Waals surface area (Å²) < 4.78 is 27.3. The van der Waals surface area contributed by atoms with E-state index in [2.05, 4.69) is 0 Å². The van der Waals surface area contributed by atoms with Gasteiger partial charge in [-0.25, -0.2) is 17.9 Å². The topological polar surface area (TPSA) is 86.8 Å². The number of sulfonamides is 1.